The van der Waals surface area contributed by atoms with Gasteiger partial charge in [-0.05, 0) is 43.3 Å². The zero-order valence-corrected chi connectivity index (χ0v) is 18.0. The number of thioether (sulfide) groups is 1. The van der Waals surface area contributed by atoms with Gasteiger partial charge in [0.05, 0.1) is 12.4 Å². The first-order chi connectivity index (χ1) is 14.3. The Balaban J connectivity index is 1.55. The van der Waals surface area contributed by atoms with E-state index in [-0.39, 0.29) is 37.8 Å². The van der Waals surface area contributed by atoms with Gasteiger partial charge in [0.1, 0.15) is 17.4 Å². The van der Waals surface area contributed by atoms with Crippen molar-refractivity contribution in [2.75, 3.05) is 38.5 Å². The van der Waals surface area contributed by atoms with Crippen LogP contribution in [0.1, 0.15) is 6.92 Å². The van der Waals surface area contributed by atoms with E-state index in [1.807, 2.05) is 31.2 Å². The van der Waals surface area contributed by atoms with Crippen LogP contribution in [0, 0.1) is 11.6 Å². The van der Waals surface area contributed by atoms with Gasteiger partial charge < -0.3 is 9.64 Å². The van der Waals surface area contributed by atoms with Crippen LogP contribution in [0.15, 0.2) is 52.3 Å². The molecule has 1 amide bonds. The molecule has 6 nitrogen and oxygen atoms in total. The van der Waals surface area contributed by atoms with Gasteiger partial charge in [-0.2, -0.15) is 4.31 Å². The second kappa shape index (κ2) is 9.76. The number of halogens is 2. The highest BCUT2D eigenvalue weighted by molar-refractivity contribution is 8.00. The van der Waals surface area contributed by atoms with Gasteiger partial charge >= 0.3 is 0 Å². The van der Waals surface area contributed by atoms with Crippen molar-refractivity contribution in [3.05, 3.63) is 54.1 Å². The van der Waals surface area contributed by atoms with Gasteiger partial charge in [-0.3, -0.25) is 4.79 Å². The van der Waals surface area contributed by atoms with E-state index in [0.717, 1.165) is 33.1 Å². The van der Waals surface area contributed by atoms with E-state index in [2.05, 4.69) is 0 Å². The fraction of sp³-hybridized carbons (Fsp3) is 0.350. The van der Waals surface area contributed by atoms with Gasteiger partial charge in [-0.1, -0.05) is 6.07 Å². The molecule has 0 N–H and O–H groups in total. The lowest BCUT2D eigenvalue weighted by atomic mass is 10.3. The minimum atomic E-state index is -4.31. The fourth-order valence-corrected chi connectivity index (χ4v) is 5.40. The SMILES string of the molecule is CCOc1ccc(SCC(=O)N2CCN(S(=O)(=O)c3c(F)cccc3F)CC2)cc1. The molecule has 0 bridgehead atoms. The monoisotopic (exact) mass is 456 g/mol. The number of ether oxygens (including phenoxy) is 1. The van der Waals surface area contributed by atoms with Crippen molar-refractivity contribution in [2.24, 2.45) is 0 Å². The Morgan fingerprint density at radius 3 is 2.20 bits per heavy atom. The molecule has 0 radical (unpaired) electrons. The van der Waals surface area contributed by atoms with Crippen LogP contribution >= 0.6 is 11.8 Å². The van der Waals surface area contributed by atoms with Crippen molar-refractivity contribution in [3.63, 3.8) is 0 Å². The van der Waals surface area contributed by atoms with Crippen LogP contribution in [0.25, 0.3) is 0 Å². The number of amides is 1. The fourth-order valence-electron chi connectivity index (χ4n) is 3.07. The van der Waals surface area contributed by atoms with Gasteiger partial charge in [0.2, 0.25) is 15.9 Å². The molecule has 1 saturated heterocycles. The molecule has 0 unspecified atom stereocenters. The largest absolute Gasteiger partial charge is 0.494 e. The third kappa shape index (κ3) is 5.11. The summed E-state index contributed by atoms with van der Waals surface area (Å²) in [7, 11) is -4.31. The minimum Gasteiger partial charge on any atom is -0.494 e. The molecule has 0 aliphatic carbocycles. The summed E-state index contributed by atoms with van der Waals surface area (Å²) < 4.78 is 59.5. The second-order valence-corrected chi connectivity index (χ2v) is 9.45. The molecule has 30 heavy (non-hydrogen) atoms. The van der Waals surface area contributed by atoms with Crippen molar-refractivity contribution in [3.8, 4) is 5.75 Å². The van der Waals surface area contributed by atoms with Crippen LogP contribution in [0.5, 0.6) is 5.75 Å². The zero-order chi connectivity index (χ0) is 21.7. The van der Waals surface area contributed by atoms with E-state index in [4.69, 9.17) is 4.74 Å². The normalized spacial score (nSPS) is 15.2. The average molecular weight is 457 g/mol. The molecule has 0 atom stereocenters. The lowest BCUT2D eigenvalue weighted by Gasteiger charge is -2.34. The molecule has 0 aromatic heterocycles. The molecule has 1 fully saturated rings. The zero-order valence-electron chi connectivity index (χ0n) is 16.4. The van der Waals surface area contributed by atoms with Crippen LogP contribution in [0.4, 0.5) is 8.78 Å². The van der Waals surface area contributed by atoms with Crippen molar-refractivity contribution in [2.45, 2.75) is 16.7 Å². The summed E-state index contributed by atoms with van der Waals surface area (Å²) in [6.07, 6.45) is 0. The summed E-state index contributed by atoms with van der Waals surface area (Å²) in [4.78, 5) is 14.0. The van der Waals surface area contributed by atoms with E-state index in [0.29, 0.717) is 6.61 Å². The van der Waals surface area contributed by atoms with E-state index in [9.17, 15) is 22.0 Å². The molecule has 1 aliphatic rings. The Labute approximate surface area is 178 Å². The van der Waals surface area contributed by atoms with Crippen molar-refractivity contribution in [1.29, 1.82) is 0 Å². The van der Waals surface area contributed by atoms with Crippen LogP contribution in [-0.4, -0.2) is 62.1 Å². The molecule has 2 aromatic rings. The molecular formula is C20H22F2N2O4S2. The van der Waals surface area contributed by atoms with Crippen molar-refractivity contribution >= 4 is 27.7 Å². The van der Waals surface area contributed by atoms with Gasteiger partial charge in [0.25, 0.3) is 0 Å². The van der Waals surface area contributed by atoms with Crippen molar-refractivity contribution in [1.82, 2.24) is 9.21 Å². The summed E-state index contributed by atoms with van der Waals surface area (Å²) in [5.74, 6) is -1.40. The number of piperazine rings is 1. The number of benzene rings is 2. The van der Waals surface area contributed by atoms with Gasteiger partial charge in [0.15, 0.2) is 4.90 Å². The lowest BCUT2D eigenvalue weighted by Crippen LogP contribution is -2.51. The van der Waals surface area contributed by atoms with Gasteiger partial charge in [0, 0.05) is 31.1 Å². The van der Waals surface area contributed by atoms with Crippen LogP contribution in [-0.2, 0) is 14.8 Å². The highest BCUT2D eigenvalue weighted by Crippen LogP contribution is 2.25. The first kappa shape index (κ1) is 22.5. The van der Waals surface area contributed by atoms with E-state index < -0.39 is 26.6 Å². The first-order valence-corrected chi connectivity index (χ1v) is 11.8. The molecular weight excluding hydrogens is 434 g/mol. The molecule has 3 rings (SSSR count). The summed E-state index contributed by atoms with van der Waals surface area (Å²) >= 11 is 1.38. The summed E-state index contributed by atoms with van der Waals surface area (Å²) in [5.41, 5.74) is 0. The Kier molecular flexibility index (Phi) is 7.32. The molecule has 1 aliphatic heterocycles. The van der Waals surface area contributed by atoms with Gasteiger partial charge in [-0.15, -0.1) is 11.8 Å². The number of rotatable bonds is 7. The number of sulfonamides is 1. The summed E-state index contributed by atoms with van der Waals surface area (Å²) in [6, 6.07) is 10.3. The number of carbonyl (C=O) groups excluding carboxylic acids is 1. The topological polar surface area (TPSA) is 66.9 Å². The Morgan fingerprint density at radius 1 is 1.03 bits per heavy atom. The molecule has 0 saturated carbocycles. The third-order valence-electron chi connectivity index (χ3n) is 4.61. The third-order valence-corrected chi connectivity index (χ3v) is 7.55. The number of nitrogens with zero attached hydrogens (tertiary/aromatic N) is 2. The molecule has 2 aromatic carbocycles. The van der Waals surface area contributed by atoms with Crippen LogP contribution in [0.3, 0.4) is 0 Å². The quantitative estimate of drug-likeness (QED) is 0.600. The molecule has 10 heteroatoms. The van der Waals surface area contributed by atoms with Crippen molar-refractivity contribution < 1.29 is 26.7 Å². The summed E-state index contributed by atoms with van der Waals surface area (Å²) in [6.45, 7) is 2.77. The predicted molar refractivity (Wildman–Crippen MR) is 110 cm³/mol. The standard InChI is InChI=1S/C20H22F2N2O4S2/c1-2-28-15-6-8-16(9-7-15)29-14-19(25)23-10-12-24(13-11-23)30(26,27)20-17(21)4-3-5-18(20)22/h3-9H,2,10-14H2,1H3. The predicted octanol–water partition coefficient (Wildman–Crippen LogP) is 2.99. The molecule has 1 heterocycles. The molecule has 162 valence electrons. The first-order valence-electron chi connectivity index (χ1n) is 9.40. The summed E-state index contributed by atoms with van der Waals surface area (Å²) in [5, 5.41) is 0. The smallest absolute Gasteiger partial charge is 0.249 e. The highest BCUT2D eigenvalue weighted by atomic mass is 32.2. The average Bonchev–Trinajstić information content (AvgIpc) is 2.73. The Hall–Kier alpha value is -2.17. The van der Waals surface area contributed by atoms with E-state index >= 15 is 0 Å². The van der Waals surface area contributed by atoms with E-state index in [1.54, 1.807) is 4.90 Å². The number of carbonyl (C=O) groups is 1. The Bertz CT molecular complexity index is 972. The Morgan fingerprint density at radius 2 is 1.63 bits per heavy atom. The number of hydrogen-bond acceptors (Lipinski definition) is 5. The van der Waals surface area contributed by atoms with Gasteiger partial charge in [-0.25, -0.2) is 17.2 Å². The maximum atomic E-state index is 13.9. The van der Waals surface area contributed by atoms with Crippen LogP contribution < -0.4 is 4.74 Å². The maximum Gasteiger partial charge on any atom is 0.249 e. The lowest BCUT2D eigenvalue weighted by molar-refractivity contribution is -0.129. The maximum absolute atomic E-state index is 13.9. The highest BCUT2D eigenvalue weighted by Gasteiger charge is 2.34. The van der Waals surface area contributed by atoms with E-state index in [1.165, 1.54) is 11.8 Å². The molecule has 0 spiro atoms. The second-order valence-electron chi connectivity index (χ2n) is 6.53. The number of hydrogen-bond donors (Lipinski definition) is 0. The van der Waals surface area contributed by atoms with Crippen LogP contribution in [0.2, 0.25) is 0 Å². The minimum absolute atomic E-state index is 0.0183.